The smallest absolute Gasteiger partial charge is 0.0468 e. The van der Waals surface area contributed by atoms with Crippen molar-refractivity contribution in [2.24, 2.45) is 0 Å². The minimum atomic E-state index is 1.13. The number of hydrogen-bond acceptors (Lipinski definition) is 2. The predicted molar refractivity (Wildman–Crippen MR) is 209 cm³/mol. The molecule has 1 nitrogen and oxygen atoms in total. The fourth-order valence-corrected chi connectivity index (χ4v) is 8.64. The molecule has 9 aromatic carbocycles. The minimum absolute atomic E-state index is 1.13. The number of nitrogens with zero attached hydrogens (tertiary/aromatic N) is 1. The van der Waals surface area contributed by atoms with Gasteiger partial charge in [-0.15, -0.1) is 11.3 Å². The van der Waals surface area contributed by atoms with Gasteiger partial charge in [0, 0.05) is 37.2 Å². The molecule has 0 fully saturated rings. The molecule has 0 aliphatic rings. The summed E-state index contributed by atoms with van der Waals surface area (Å²) in [4.78, 5) is 2.38. The quantitative estimate of drug-likeness (QED) is 0.176. The maximum atomic E-state index is 2.38. The Kier molecular flexibility index (Phi) is 6.12. The molecule has 0 unspecified atom stereocenters. The second-order valence-electron chi connectivity index (χ2n) is 12.5. The van der Waals surface area contributed by atoms with Crippen LogP contribution >= 0.6 is 11.3 Å². The monoisotopic (exact) mass is 627 g/mol. The van der Waals surface area contributed by atoms with Gasteiger partial charge in [0.05, 0.1) is 0 Å². The first-order valence-electron chi connectivity index (χ1n) is 16.4. The van der Waals surface area contributed by atoms with E-state index in [4.69, 9.17) is 0 Å². The van der Waals surface area contributed by atoms with Crippen LogP contribution in [0.3, 0.4) is 0 Å². The molecule has 1 aromatic heterocycles. The van der Waals surface area contributed by atoms with E-state index in [0.717, 1.165) is 17.1 Å². The van der Waals surface area contributed by atoms with E-state index in [0.29, 0.717) is 0 Å². The van der Waals surface area contributed by atoms with Crippen molar-refractivity contribution in [3.8, 4) is 11.1 Å². The van der Waals surface area contributed by atoms with Gasteiger partial charge in [0.2, 0.25) is 0 Å². The lowest BCUT2D eigenvalue weighted by atomic mass is 9.94. The van der Waals surface area contributed by atoms with Crippen molar-refractivity contribution in [2.75, 3.05) is 4.90 Å². The lowest BCUT2D eigenvalue weighted by Crippen LogP contribution is -2.10. The zero-order valence-corrected chi connectivity index (χ0v) is 26.9. The van der Waals surface area contributed by atoms with Crippen molar-refractivity contribution < 1.29 is 0 Å². The Labute approximate surface area is 282 Å². The summed E-state index contributed by atoms with van der Waals surface area (Å²) in [5.74, 6) is 0. The fourth-order valence-electron chi connectivity index (χ4n) is 7.52. The number of benzene rings is 9. The molecular formula is C46H29NS. The maximum Gasteiger partial charge on any atom is 0.0468 e. The standard InChI is InChI=1S/C46H29NS/c1-2-8-30(9-3-1)32-16-20-36(21-17-32)47(37-22-18-31-10-4-5-11-34(31)28-37)38-23-25-39-35(29-38)15-14-33-19-24-41-40(45(33)39)26-27-44-46(41)42-12-6-7-13-43(42)48-44/h1-29H. The van der Waals surface area contributed by atoms with Crippen LogP contribution in [0.4, 0.5) is 17.1 Å². The predicted octanol–water partition coefficient (Wildman–Crippen LogP) is 13.8. The van der Waals surface area contributed by atoms with Crippen LogP contribution in [0.15, 0.2) is 176 Å². The molecule has 0 aliphatic heterocycles. The molecule has 10 aromatic rings. The molecule has 0 spiro atoms. The Morgan fingerprint density at radius 2 is 0.896 bits per heavy atom. The molecule has 0 saturated heterocycles. The summed E-state index contributed by atoms with van der Waals surface area (Å²) in [5, 5.41) is 12.9. The Hall–Kier alpha value is -5.96. The van der Waals surface area contributed by atoms with Gasteiger partial charge >= 0.3 is 0 Å². The molecule has 10 rings (SSSR count). The summed E-state index contributed by atoms with van der Waals surface area (Å²) in [5.41, 5.74) is 5.83. The highest BCUT2D eigenvalue weighted by Gasteiger charge is 2.16. The highest BCUT2D eigenvalue weighted by molar-refractivity contribution is 7.26. The van der Waals surface area contributed by atoms with E-state index in [1.54, 1.807) is 0 Å². The van der Waals surface area contributed by atoms with Gasteiger partial charge in [-0.25, -0.2) is 0 Å². The first-order valence-corrected chi connectivity index (χ1v) is 17.2. The third-order valence-corrected chi connectivity index (χ3v) is 10.9. The first kappa shape index (κ1) is 27.2. The number of anilines is 3. The third-order valence-electron chi connectivity index (χ3n) is 9.80. The molecule has 224 valence electrons. The van der Waals surface area contributed by atoms with Crippen LogP contribution in [0.2, 0.25) is 0 Å². The highest BCUT2D eigenvalue weighted by Crippen LogP contribution is 2.43. The molecule has 1 heterocycles. The molecule has 0 amide bonds. The molecule has 0 N–H and O–H groups in total. The van der Waals surface area contributed by atoms with E-state index in [1.165, 1.54) is 74.4 Å². The second kappa shape index (κ2) is 10.8. The van der Waals surface area contributed by atoms with Crippen LogP contribution < -0.4 is 4.90 Å². The van der Waals surface area contributed by atoms with Gasteiger partial charge < -0.3 is 4.90 Å². The van der Waals surface area contributed by atoms with Crippen LogP contribution in [0.5, 0.6) is 0 Å². The lowest BCUT2D eigenvalue weighted by Gasteiger charge is -2.26. The van der Waals surface area contributed by atoms with E-state index in [2.05, 4.69) is 181 Å². The second-order valence-corrected chi connectivity index (χ2v) is 13.6. The van der Waals surface area contributed by atoms with Crippen molar-refractivity contribution in [3.05, 3.63) is 176 Å². The largest absolute Gasteiger partial charge is 0.310 e. The molecule has 48 heavy (non-hydrogen) atoms. The molecule has 2 heteroatoms. The van der Waals surface area contributed by atoms with Crippen LogP contribution in [0.25, 0.3) is 74.4 Å². The normalized spacial score (nSPS) is 11.8. The Bertz CT molecular complexity index is 2830. The third kappa shape index (κ3) is 4.31. The van der Waals surface area contributed by atoms with Crippen LogP contribution in [-0.4, -0.2) is 0 Å². The van der Waals surface area contributed by atoms with Gasteiger partial charge in [-0.2, -0.15) is 0 Å². The number of fused-ring (bicyclic) bond motifs is 10. The van der Waals surface area contributed by atoms with E-state index in [9.17, 15) is 0 Å². The van der Waals surface area contributed by atoms with Crippen molar-refractivity contribution in [3.63, 3.8) is 0 Å². The van der Waals surface area contributed by atoms with Gasteiger partial charge in [0.25, 0.3) is 0 Å². The van der Waals surface area contributed by atoms with Crippen molar-refractivity contribution in [2.45, 2.75) is 0 Å². The summed E-state index contributed by atoms with van der Waals surface area (Å²) in [6.45, 7) is 0. The fraction of sp³-hybridized carbons (Fsp3) is 0. The van der Waals surface area contributed by atoms with Gasteiger partial charge in [-0.3, -0.25) is 0 Å². The van der Waals surface area contributed by atoms with Crippen LogP contribution in [0.1, 0.15) is 0 Å². The molecule has 0 saturated carbocycles. The zero-order chi connectivity index (χ0) is 31.6. The molecule has 0 aliphatic carbocycles. The van der Waals surface area contributed by atoms with E-state index in [1.807, 2.05) is 11.3 Å². The van der Waals surface area contributed by atoms with Crippen LogP contribution in [0, 0.1) is 0 Å². The Morgan fingerprint density at radius 3 is 1.77 bits per heavy atom. The first-order chi connectivity index (χ1) is 23.8. The SMILES string of the molecule is c1ccc(-c2ccc(N(c3ccc4ccccc4c3)c3ccc4c(ccc5ccc6c(ccc7sc8ccccc8c76)c54)c3)cc2)cc1. The van der Waals surface area contributed by atoms with Crippen molar-refractivity contribution in [1.82, 2.24) is 0 Å². The van der Waals surface area contributed by atoms with Crippen LogP contribution in [-0.2, 0) is 0 Å². The summed E-state index contributed by atoms with van der Waals surface area (Å²) in [6.07, 6.45) is 0. The topological polar surface area (TPSA) is 3.24 Å². The lowest BCUT2D eigenvalue weighted by molar-refractivity contribution is 1.29. The van der Waals surface area contributed by atoms with E-state index >= 15 is 0 Å². The molecule has 0 radical (unpaired) electrons. The van der Waals surface area contributed by atoms with Gasteiger partial charge in [0.15, 0.2) is 0 Å². The summed E-state index contributed by atoms with van der Waals surface area (Å²) in [6, 6.07) is 64.5. The van der Waals surface area contributed by atoms with Gasteiger partial charge in [-0.1, -0.05) is 127 Å². The van der Waals surface area contributed by atoms with E-state index in [-0.39, 0.29) is 0 Å². The molecule has 0 atom stereocenters. The number of rotatable bonds is 4. The maximum absolute atomic E-state index is 2.38. The van der Waals surface area contributed by atoms with E-state index < -0.39 is 0 Å². The zero-order valence-electron chi connectivity index (χ0n) is 26.1. The average molecular weight is 628 g/mol. The summed E-state index contributed by atoms with van der Waals surface area (Å²) < 4.78 is 2.68. The molecular weight excluding hydrogens is 599 g/mol. The van der Waals surface area contributed by atoms with Gasteiger partial charge in [0.1, 0.15) is 0 Å². The summed E-state index contributed by atoms with van der Waals surface area (Å²) >= 11 is 1.88. The minimum Gasteiger partial charge on any atom is -0.310 e. The highest BCUT2D eigenvalue weighted by atomic mass is 32.1. The Balaban J connectivity index is 1.17. The van der Waals surface area contributed by atoms with Crippen molar-refractivity contribution in [1.29, 1.82) is 0 Å². The molecule has 0 bridgehead atoms. The Morgan fingerprint density at radius 1 is 0.312 bits per heavy atom. The number of thiophene rings is 1. The summed E-state index contributed by atoms with van der Waals surface area (Å²) in [7, 11) is 0. The average Bonchev–Trinajstić information content (AvgIpc) is 3.54. The number of hydrogen-bond donors (Lipinski definition) is 0. The van der Waals surface area contributed by atoms with Crippen molar-refractivity contribution >= 4 is 91.7 Å². The van der Waals surface area contributed by atoms with Gasteiger partial charge in [-0.05, 0) is 103 Å².